The van der Waals surface area contributed by atoms with Crippen molar-refractivity contribution in [1.82, 2.24) is 5.32 Å². The SMILES string of the molecule is CCOc1cc(CNCCCOC)c(Cl)cc1OCc1ccc([N+](=O)[O-])cc1. The zero-order valence-electron chi connectivity index (χ0n) is 16.1. The van der Waals surface area contributed by atoms with Gasteiger partial charge in [-0.15, -0.1) is 0 Å². The molecule has 0 saturated heterocycles. The van der Waals surface area contributed by atoms with E-state index in [2.05, 4.69) is 5.32 Å². The van der Waals surface area contributed by atoms with E-state index < -0.39 is 4.92 Å². The van der Waals surface area contributed by atoms with Crippen molar-refractivity contribution in [3.05, 3.63) is 62.7 Å². The lowest BCUT2D eigenvalue weighted by atomic mass is 10.2. The van der Waals surface area contributed by atoms with Gasteiger partial charge in [0.15, 0.2) is 11.5 Å². The Kier molecular flexibility index (Phi) is 9.00. The summed E-state index contributed by atoms with van der Waals surface area (Å²) in [7, 11) is 1.68. The Morgan fingerprint density at radius 3 is 2.50 bits per heavy atom. The van der Waals surface area contributed by atoms with E-state index >= 15 is 0 Å². The molecule has 1 N–H and O–H groups in total. The monoisotopic (exact) mass is 408 g/mol. The van der Waals surface area contributed by atoms with Crippen LogP contribution in [0.5, 0.6) is 11.5 Å². The van der Waals surface area contributed by atoms with Crippen molar-refractivity contribution in [2.45, 2.75) is 26.5 Å². The number of hydrogen-bond acceptors (Lipinski definition) is 6. The molecule has 0 aliphatic carbocycles. The number of methoxy groups -OCH3 is 1. The van der Waals surface area contributed by atoms with Gasteiger partial charge in [0.05, 0.1) is 11.5 Å². The van der Waals surface area contributed by atoms with Crippen LogP contribution < -0.4 is 14.8 Å². The molecule has 0 aliphatic heterocycles. The molecule has 0 amide bonds. The number of rotatable bonds is 12. The Bertz CT molecular complexity index is 768. The Morgan fingerprint density at radius 1 is 1.14 bits per heavy atom. The van der Waals surface area contributed by atoms with Gasteiger partial charge in [-0.2, -0.15) is 0 Å². The molecule has 0 bridgehead atoms. The topological polar surface area (TPSA) is 82.9 Å². The average Bonchev–Trinajstić information content (AvgIpc) is 2.69. The van der Waals surface area contributed by atoms with Crippen LogP contribution in [-0.2, 0) is 17.9 Å². The second-order valence-electron chi connectivity index (χ2n) is 6.06. The molecule has 0 aromatic heterocycles. The molecule has 0 saturated carbocycles. The second-order valence-corrected chi connectivity index (χ2v) is 6.47. The standard InChI is InChI=1S/C20H25ClN2O5/c1-3-27-19-11-16(13-22-9-4-10-26-2)18(21)12-20(19)28-14-15-5-7-17(8-6-15)23(24)25/h5-8,11-12,22H,3-4,9-10,13-14H2,1-2H3. The predicted molar refractivity (Wildman–Crippen MR) is 108 cm³/mol. The smallest absolute Gasteiger partial charge is 0.269 e. The fraction of sp³-hybridized carbons (Fsp3) is 0.400. The molecular weight excluding hydrogens is 384 g/mol. The third kappa shape index (κ3) is 6.67. The van der Waals surface area contributed by atoms with Crippen LogP contribution in [0.4, 0.5) is 5.69 Å². The third-order valence-electron chi connectivity index (χ3n) is 3.97. The maximum atomic E-state index is 10.7. The van der Waals surface area contributed by atoms with E-state index in [1.165, 1.54) is 12.1 Å². The minimum atomic E-state index is -0.431. The maximum Gasteiger partial charge on any atom is 0.269 e. The van der Waals surface area contributed by atoms with Crippen molar-refractivity contribution < 1.29 is 19.1 Å². The number of nitrogens with zero attached hydrogens (tertiary/aromatic N) is 1. The molecule has 152 valence electrons. The van der Waals surface area contributed by atoms with Crippen LogP contribution in [0, 0.1) is 10.1 Å². The summed E-state index contributed by atoms with van der Waals surface area (Å²) in [6, 6.07) is 9.85. The molecule has 28 heavy (non-hydrogen) atoms. The van der Waals surface area contributed by atoms with Gasteiger partial charge in [0.25, 0.3) is 5.69 Å². The first kappa shape index (κ1) is 21.9. The molecule has 0 unspecified atom stereocenters. The molecule has 7 nitrogen and oxygen atoms in total. The van der Waals surface area contributed by atoms with Gasteiger partial charge in [0.2, 0.25) is 0 Å². The number of non-ortho nitro benzene ring substituents is 1. The van der Waals surface area contributed by atoms with Gasteiger partial charge in [-0.3, -0.25) is 10.1 Å². The summed E-state index contributed by atoms with van der Waals surface area (Å²) in [5.74, 6) is 1.15. The number of benzene rings is 2. The predicted octanol–water partition coefficient (Wildman–Crippen LogP) is 4.35. The number of halogens is 1. The highest BCUT2D eigenvalue weighted by Crippen LogP contribution is 2.34. The van der Waals surface area contributed by atoms with Gasteiger partial charge < -0.3 is 19.5 Å². The lowest BCUT2D eigenvalue weighted by molar-refractivity contribution is -0.384. The van der Waals surface area contributed by atoms with Crippen LogP contribution in [0.15, 0.2) is 36.4 Å². The molecule has 2 rings (SSSR count). The van der Waals surface area contributed by atoms with Gasteiger partial charge in [-0.25, -0.2) is 0 Å². The van der Waals surface area contributed by atoms with Gasteiger partial charge in [0, 0.05) is 43.5 Å². The molecule has 2 aromatic carbocycles. The van der Waals surface area contributed by atoms with Gasteiger partial charge in [0.1, 0.15) is 6.61 Å². The molecule has 0 atom stereocenters. The molecule has 0 radical (unpaired) electrons. The zero-order chi connectivity index (χ0) is 20.4. The molecule has 0 heterocycles. The van der Waals surface area contributed by atoms with Crippen LogP contribution in [0.25, 0.3) is 0 Å². The summed E-state index contributed by atoms with van der Waals surface area (Å²) in [5, 5.41) is 14.6. The fourth-order valence-electron chi connectivity index (χ4n) is 2.53. The normalized spacial score (nSPS) is 10.7. The first-order valence-electron chi connectivity index (χ1n) is 9.06. The van der Waals surface area contributed by atoms with Gasteiger partial charge >= 0.3 is 0 Å². The summed E-state index contributed by atoms with van der Waals surface area (Å²) in [6.07, 6.45) is 0.920. The highest BCUT2D eigenvalue weighted by molar-refractivity contribution is 6.31. The maximum absolute atomic E-state index is 10.7. The zero-order valence-corrected chi connectivity index (χ0v) is 16.8. The highest BCUT2D eigenvalue weighted by atomic mass is 35.5. The molecule has 0 fully saturated rings. The van der Waals surface area contributed by atoms with Crippen LogP contribution >= 0.6 is 11.6 Å². The number of nitrogens with one attached hydrogen (secondary N) is 1. The number of nitro benzene ring substituents is 1. The summed E-state index contributed by atoms with van der Waals surface area (Å²) in [4.78, 5) is 10.3. The van der Waals surface area contributed by atoms with Crippen molar-refractivity contribution >= 4 is 17.3 Å². The van der Waals surface area contributed by atoms with Crippen molar-refractivity contribution in [1.29, 1.82) is 0 Å². The molecular formula is C20H25ClN2O5. The Labute approximate surface area is 169 Å². The van der Waals surface area contributed by atoms with Crippen LogP contribution in [0.3, 0.4) is 0 Å². The number of nitro groups is 1. The minimum Gasteiger partial charge on any atom is -0.490 e. The Morgan fingerprint density at radius 2 is 1.86 bits per heavy atom. The van der Waals surface area contributed by atoms with Crippen molar-refractivity contribution in [2.75, 3.05) is 26.9 Å². The van der Waals surface area contributed by atoms with Gasteiger partial charge in [-0.05, 0) is 49.2 Å². The van der Waals surface area contributed by atoms with Crippen molar-refractivity contribution in [3.63, 3.8) is 0 Å². The third-order valence-corrected chi connectivity index (χ3v) is 4.32. The van der Waals surface area contributed by atoms with Crippen LogP contribution in [-0.4, -0.2) is 31.8 Å². The average molecular weight is 409 g/mol. The van der Waals surface area contributed by atoms with E-state index in [1.54, 1.807) is 25.3 Å². The first-order valence-corrected chi connectivity index (χ1v) is 9.44. The quantitative estimate of drug-likeness (QED) is 0.319. The van der Waals surface area contributed by atoms with E-state index in [9.17, 15) is 10.1 Å². The Balaban J connectivity index is 2.03. The Hall–Kier alpha value is -2.35. The summed E-state index contributed by atoms with van der Waals surface area (Å²) >= 11 is 6.40. The van der Waals surface area contributed by atoms with E-state index in [0.717, 1.165) is 24.1 Å². The van der Waals surface area contributed by atoms with Crippen molar-refractivity contribution in [2.24, 2.45) is 0 Å². The second kappa shape index (κ2) is 11.5. The number of hydrogen-bond donors (Lipinski definition) is 1. The largest absolute Gasteiger partial charge is 0.490 e. The molecule has 8 heteroatoms. The molecule has 0 spiro atoms. The lowest BCUT2D eigenvalue weighted by Crippen LogP contribution is -2.16. The lowest BCUT2D eigenvalue weighted by Gasteiger charge is -2.15. The van der Waals surface area contributed by atoms with E-state index in [4.69, 9.17) is 25.8 Å². The van der Waals surface area contributed by atoms with Crippen LogP contribution in [0.1, 0.15) is 24.5 Å². The minimum absolute atomic E-state index is 0.0455. The fourth-order valence-corrected chi connectivity index (χ4v) is 2.75. The van der Waals surface area contributed by atoms with Gasteiger partial charge in [-0.1, -0.05) is 11.6 Å². The summed E-state index contributed by atoms with van der Waals surface area (Å²) < 4.78 is 16.6. The highest BCUT2D eigenvalue weighted by Gasteiger charge is 2.12. The van der Waals surface area contributed by atoms with Crippen molar-refractivity contribution in [3.8, 4) is 11.5 Å². The molecule has 2 aromatic rings. The van der Waals surface area contributed by atoms with E-state index in [0.29, 0.717) is 36.3 Å². The summed E-state index contributed by atoms with van der Waals surface area (Å²) in [6.45, 7) is 4.80. The van der Waals surface area contributed by atoms with Crippen LogP contribution in [0.2, 0.25) is 5.02 Å². The van der Waals surface area contributed by atoms with E-state index in [-0.39, 0.29) is 12.3 Å². The molecule has 0 aliphatic rings. The summed E-state index contributed by atoms with van der Waals surface area (Å²) in [5.41, 5.74) is 1.78. The van der Waals surface area contributed by atoms with E-state index in [1.807, 2.05) is 13.0 Å². The number of ether oxygens (including phenoxy) is 3. The first-order chi connectivity index (χ1) is 13.5.